The summed E-state index contributed by atoms with van der Waals surface area (Å²) in [5.41, 5.74) is -0.844. The Balaban J connectivity index is 1.49. The second-order valence-electron chi connectivity index (χ2n) is 10.8. The first-order valence-electron chi connectivity index (χ1n) is 14.1. The first-order valence-corrected chi connectivity index (χ1v) is 14.1. The van der Waals surface area contributed by atoms with Crippen LogP contribution in [0.1, 0.15) is 38.5 Å². The van der Waals surface area contributed by atoms with Crippen LogP contribution in [0.25, 0.3) is 0 Å². The molecule has 0 saturated carbocycles. The van der Waals surface area contributed by atoms with Crippen molar-refractivity contribution >= 4 is 18.0 Å². The summed E-state index contributed by atoms with van der Waals surface area (Å²) < 4.78 is 11.5. The predicted octanol–water partition coefficient (Wildman–Crippen LogP) is -1.59. The minimum Gasteiger partial charge on any atom is -0.480 e. The summed E-state index contributed by atoms with van der Waals surface area (Å²) in [7, 11) is 0. The number of hydrogen-bond acceptors (Lipinski definition) is 11. The van der Waals surface area contributed by atoms with Crippen LogP contribution in [0.15, 0.2) is 52.2 Å². The fourth-order valence-electron chi connectivity index (χ4n) is 4.66. The zero-order valence-corrected chi connectivity index (χ0v) is 24.3. The molecule has 1 unspecified atom stereocenters. The maximum absolute atomic E-state index is 12.8. The van der Waals surface area contributed by atoms with Crippen molar-refractivity contribution in [1.29, 1.82) is 0 Å². The monoisotopic (exact) mass is 621 g/mol. The van der Waals surface area contributed by atoms with E-state index in [4.69, 9.17) is 9.47 Å². The molecule has 0 spiro atoms. The number of benzene rings is 1. The van der Waals surface area contributed by atoms with Crippen molar-refractivity contribution in [1.82, 2.24) is 25.5 Å². The number of alkyl carbamates (subject to hydrolysis) is 1. The van der Waals surface area contributed by atoms with Crippen molar-refractivity contribution in [3.63, 3.8) is 0 Å². The molecule has 1 saturated heterocycles. The van der Waals surface area contributed by atoms with Crippen LogP contribution in [-0.4, -0.2) is 97.5 Å². The smallest absolute Gasteiger partial charge is 0.408 e. The number of aliphatic hydroxyl groups is 3. The van der Waals surface area contributed by atoms with E-state index in [-0.39, 0.29) is 32.0 Å². The molecule has 1 fully saturated rings. The van der Waals surface area contributed by atoms with Gasteiger partial charge in [-0.15, -0.1) is 0 Å². The summed E-state index contributed by atoms with van der Waals surface area (Å²) in [6.07, 6.45) is -7.59. The molecule has 2 heterocycles. The van der Waals surface area contributed by atoms with Gasteiger partial charge < -0.3 is 45.9 Å². The van der Waals surface area contributed by atoms with Crippen molar-refractivity contribution in [3.05, 3.63) is 69.0 Å². The molecule has 3 rings (SSSR count). The number of aromatic nitrogens is 2. The number of carbonyl (C=O) groups is 3. The van der Waals surface area contributed by atoms with Gasteiger partial charge in [0, 0.05) is 18.8 Å². The van der Waals surface area contributed by atoms with Crippen LogP contribution < -0.4 is 27.2 Å². The molecule has 1 aliphatic rings. The Bertz CT molecular complexity index is 1370. The highest BCUT2D eigenvalue weighted by atomic mass is 16.6. The number of aliphatic hydroxyl groups excluding tert-OH is 3. The van der Waals surface area contributed by atoms with E-state index in [1.54, 1.807) is 12.1 Å². The van der Waals surface area contributed by atoms with Crippen LogP contribution in [0.2, 0.25) is 0 Å². The van der Waals surface area contributed by atoms with Crippen LogP contribution in [0.3, 0.4) is 0 Å². The van der Waals surface area contributed by atoms with Crippen molar-refractivity contribution < 1.29 is 44.3 Å². The standard InChI is InChI=1S/C28H39N5O11/c1-15(2)13-17(31-28(42)43-14-16-7-4-3-5-8-16)24(38)30-11-6-10-29-19(26(39)40)20(35)23-21(36)22(37)25(44-23)33-12-9-18(34)32-27(33)41/h3-5,7-9,12,15,17,19-23,25,29,35-37H,6,10-11,13-14H2,1-2H3,(H,30,38)(H,31,42)(H,39,40)(H,32,34,41)/t17-,19-,20?,21+,22+,23+,25+/m0/s1. The Morgan fingerprint density at radius 3 is 2.41 bits per heavy atom. The van der Waals surface area contributed by atoms with Gasteiger partial charge in [0.2, 0.25) is 5.91 Å². The summed E-state index contributed by atoms with van der Waals surface area (Å²) in [6, 6.07) is 7.53. The van der Waals surface area contributed by atoms with E-state index >= 15 is 0 Å². The van der Waals surface area contributed by atoms with Crippen molar-refractivity contribution in [2.75, 3.05) is 13.1 Å². The van der Waals surface area contributed by atoms with Gasteiger partial charge in [-0.3, -0.25) is 23.9 Å². The third-order valence-corrected chi connectivity index (χ3v) is 6.89. The third kappa shape index (κ3) is 9.45. The summed E-state index contributed by atoms with van der Waals surface area (Å²) in [5, 5.41) is 49.1. The number of rotatable bonds is 15. The van der Waals surface area contributed by atoms with Crippen LogP contribution in [0.5, 0.6) is 0 Å². The number of nitrogens with zero attached hydrogens (tertiary/aromatic N) is 1. The minimum atomic E-state index is -1.86. The van der Waals surface area contributed by atoms with Crippen molar-refractivity contribution in [3.8, 4) is 0 Å². The zero-order valence-electron chi connectivity index (χ0n) is 24.3. The topological polar surface area (TPSA) is 242 Å². The highest BCUT2D eigenvalue weighted by molar-refractivity contribution is 5.85. The number of aromatic amines is 1. The molecule has 0 radical (unpaired) electrons. The number of hydrogen-bond donors (Lipinski definition) is 8. The Labute approximate surface area is 252 Å². The summed E-state index contributed by atoms with van der Waals surface area (Å²) in [5.74, 6) is -1.86. The van der Waals surface area contributed by atoms with Gasteiger partial charge in [0.1, 0.15) is 43.1 Å². The first kappa shape index (κ1) is 34.4. The van der Waals surface area contributed by atoms with Crippen molar-refractivity contribution in [2.24, 2.45) is 5.92 Å². The molecule has 0 bridgehead atoms. The zero-order chi connectivity index (χ0) is 32.4. The predicted molar refractivity (Wildman–Crippen MR) is 153 cm³/mol. The molecule has 7 atom stereocenters. The maximum Gasteiger partial charge on any atom is 0.408 e. The molecular formula is C28H39N5O11. The van der Waals surface area contributed by atoms with Crippen molar-refractivity contribution in [2.45, 2.75) is 76.0 Å². The number of nitrogens with one attached hydrogen (secondary N) is 4. The van der Waals surface area contributed by atoms with Gasteiger partial charge in [0.25, 0.3) is 5.56 Å². The molecule has 1 aromatic heterocycles. The lowest BCUT2D eigenvalue weighted by molar-refractivity contribution is -0.149. The Kier molecular flexibility index (Phi) is 12.6. The largest absolute Gasteiger partial charge is 0.480 e. The second kappa shape index (κ2) is 16.1. The quantitative estimate of drug-likeness (QED) is 0.105. The van der Waals surface area contributed by atoms with E-state index in [1.807, 2.05) is 37.0 Å². The normalized spacial score (nSPS) is 21.8. The molecule has 1 aliphatic heterocycles. The Morgan fingerprint density at radius 1 is 1.07 bits per heavy atom. The van der Waals surface area contributed by atoms with E-state index in [0.29, 0.717) is 6.42 Å². The third-order valence-electron chi connectivity index (χ3n) is 6.89. The van der Waals surface area contributed by atoms with Gasteiger partial charge in [0.15, 0.2) is 6.23 Å². The molecule has 44 heavy (non-hydrogen) atoms. The number of ether oxygens (including phenoxy) is 2. The summed E-state index contributed by atoms with van der Waals surface area (Å²) in [6.45, 7) is 3.93. The van der Waals surface area contributed by atoms with Gasteiger partial charge in [-0.25, -0.2) is 9.59 Å². The van der Waals surface area contributed by atoms with Gasteiger partial charge in [-0.1, -0.05) is 44.2 Å². The van der Waals surface area contributed by atoms with Crippen LogP contribution >= 0.6 is 0 Å². The van der Waals surface area contributed by atoms with Gasteiger partial charge in [0.05, 0.1) is 0 Å². The number of H-pyrrole nitrogens is 1. The average molecular weight is 622 g/mol. The fraction of sp³-hybridized carbons (Fsp3) is 0.536. The molecule has 16 heteroatoms. The summed E-state index contributed by atoms with van der Waals surface area (Å²) in [4.78, 5) is 62.4. The lowest BCUT2D eigenvalue weighted by Crippen LogP contribution is -2.54. The summed E-state index contributed by atoms with van der Waals surface area (Å²) >= 11 is 0. The van der Waals surface area contributed by atoms with Gasteiger partial charge >= 0.3 is 17.8 Å². The van der Waals surface area contributed by atoms with Crippen LogP contribution in [-0.2, 0) is 25.7 Å². The lowest BCUT2D eigenvalue weighted by Gasteiger charge is -2.27. The minimum absolute atomic E-state index is 0.00385. The fourth-order valence-corrected chi connectivity index (χ4v) is 4.66. The van der Waals surface area contributed by atoms with E-state index in [2.05, 4.69) is 16.0 Å². The van der Waals surface area contributed by atoms with E-state index in [1.165, 1.54) is 0 Å². The van der Waals surface area contributed by atoms with Crippen LogP contribution in [0, 0.1) is 5.92 Å². The second-order valence-corrected chi connectivity index (χ2v) is 10.8. The molecule has 242 valence electrons. The number of amides is 2. The maximum atomic E-state index is 12.8. The Hall–Kier alpha value is -4.09. The number of carbonyl (C=O) groups excluding carboxylic acids is 2. The molecular weight excluding hydrogens is 582 g/mol. The molecule has 16 nitrogen and oxygen atoms in total. The highest BCUT2D eigenvalue weighted by Crippen LogP contribution is 2.31. The average Bonchev–Trinajstić information content (AvgIpc) is 3.26. The number of carboxylic acid groups (broad SMARTS) is 1. The van der Waals surface area contributed by atoms with Crippen LogP contribution in [0.4, 0.5) is 4.79 Å². The SMILES string of the molecule is CC(C)C[C@H](NC(=O)OCc1ccccc1)C(=O)NCCCN[C@H](C(=O)O)C(O)[C@H]1O[C@@H](n2ccc(=O)[nH]c2=O)[C@H](O)[C@H]1O. The first-order chi connectivity index (χ1) is 20.9. The molecule has 2 aromatic rings. The van der Waals surface area contributed by atoms with E-state index in [9.17, 15) is 44.4 Å². The van der Waals surface area contributed by atoms with Gasteiger partial charge in [-0.2, -0.15) is 0 Å². The highest BCUT2D eigenvalue weighted by Gasteiger charge is 2.50. The molecule has 8 N–H and O–H groups in total. The molecule has 1 aromatic carbocycles. The van der Waals surface area contributed by atoms with E-state index < -0.39 is 71.9 Å². The number of carboxylic acids is 1. The molecule has 2 amide bonds. The Morgan fingerprint density at radius 2 is 1.77 bits per heavy atom. The van der Waals surface area contributed by atoms with E-state index in [0.717, 1.165) is 22.4 Å². The number of aliphatic carboxylic acids is 1. The van der Waals surface area contributed by atoms with Gasteiger partial charge in [-0.05, 0) is 30.9 Å². The molecule has 0 aliphatic carbocycles. The lowest BCUT2D eigenvalue weighted by atomic mass is 9.99.